The fourth-order valence-electron chi connectivity index (χ4n) is 1.27. The minimum absolute atomic E-state index is 0.236. The highest BCUT2D eigenvalue weighted by molar-refractivity contribution is 5.03. The summed E-state index contributed by atoms with van der Waals surface area (Å²) in [6.07, 6.45) is 2.08. The van der Waals surface area contributed by atoms with Crippen LogP contribution >= 0.6 is 0 Å². The molecule has 0 unspecified atom stereocenters. The normalized spacial score (nSPS) is 12.1. The predicted molar refractivity (Wildman–Crippen MR) is 45.4 cm³/mol. The largest absolute Gasteiger partial charge is 0.251 e. The maximum atomic E-state index is 3.21. The smallest absolute Gasteiger partial charge is 0.248 e. The van der Waals surface area contributed by atoms with Gasteiger partial charge in [0.05, 0.1) is 7.05 Å². The molecular weight excluding hydrogens is 136 g/mol. The summed E-state index contributed by atoms with van der Waals surface area (Å²) in [6, 6.07) is 0. The molecule has 0 aliphatic rings. The maximum absolute atomic E-state index is 3.21. The lowest BCUT2D eigenvalue weighted by atomic mass is 9.93. The third-order valence-corrected chi connectivity index (χ3v) is 2.05. The van der Waals surface area contributed by atoms with Gasteiger partial charge in [0.15, 0.2) is 0 Å². The zero-order valence-corrected chi connectivity index (χ0v) is 8.02. The Balaban J connectivity index is 3.15. The third kappa shape index (κ3) is 1.44. The molecule has 0 fully saturated rings. The Morgan fingerprint density at radius 3 is 2.09 bits per heavy atom. The average Bonchev–Trinajstić information content (AvgIpc) is 2.11. The van der Waals surface area contributed by atoms with Crippen molar-refractivity contribution < 1.29 is 4.57 Å². The summed E-state index contributed by atoms with van der Waals surface area (Å²) in [7, 11) is 2.09. The van der Waals surface area contributed by atoms with Crippen molar-refractivity contribution in [3.05, 3.63) is 17.7 Å². The summed E-state index contributed by atoms with van der Waals surface area (Å²) in [6.45, 7) is 8.73. The fourth-order valence-corrected chi connectivity index (χ4v) is 1.27. The molecule has 0 spiro atoms. The van der Waals surface area contributed by atoms with E-state index in [-0.39, 0.29) is 5.41 Å². The number of aromatic nitrogens is 2. The summed E-state index contributed by atoms with van der Waals surface area (Å²) < 4.78 is 2.19. The minimum Gasteiger partial charge on any atom is -0.248 e. The average molecular weight is 153 g/mol. The Morgan fingerprint density at radius 2 is 1.91 bits per heavy atom. The third-order valence-electron chi connectivity index (χ3n) is 2.05. The van der Waals surface area contributed by atoms with Crippen LogP contribution in [0, 0.1) is 6.92 Å². The van der Waals surface area contributed by atoms with Crippen LogP contribution in [-0.4, -0.2) is 4.98 Å². The lowest BCUT2D eigenvalue weighted by molar-refractivity contribution is -0.686. The second-order valence-corrected chi connectivity index (χ2v) is 4.07. The number of aryl methyl sites for hydroxylation is 1. The van der Waals surface area contributed by atoms with Gasteiger partial charge in [0.2, 0.25) is 0 Å². The van der Waals surface area contributed by atoms with Gasteiger partial charge in [-0.1, -0.05) is 20.8 Å². The Labute approximate surface area is 68.3 Å². The van der Waals surface area contributed by atoms with Crippen molar-refractivity contribution in [2.24, 2.45) is 7.05 Å². The van der Waals surface area contributed by atoms with Gasteiger partial charge in [-0.05, 0) is 0 Å². The number of hydrogen-bond acceptors (Lipinski definition) is 0. The van der Waals surface area contributed by atoms with E-state index in [1.165, 1.54) is 11.5 Å². The Morgan fingerprint density at radius 1 is 1.36 bits per heavy atom. The highest BCUT2D eigenvalue weighted by atomic mass is 15.1. The molecule has 2 nitrogen and oxygen atoms in total. The summed E-state index contributed by atoms with van der Waals surface area (Å²) in [4.78, 5) is 3.21. The van der Waals surface area contributed by atoms with Crippen molar-refractivity contribution in [3.8, 4) is 0 Å². The first-order valence-electron chi connectivity index (χ1n) is 3.97. The number of rotatable bonds is 0. The molecule has 0 radical (unpaired) electrons. The van der Waals surface area contributed by atoms with Gasteiger partial charge >= 0.3 is 0 Å². The van der Waals surface area contributed by atoms with Gasteiger partial charge in [0.25, 0.3) is 5.82 Å². The molecule has 11 heavy (non-hydrogen) atoms. The van der Waals surface area contributed by atoms with E-state index >= 15 is 0 Å². The monoisotopic (exact) mass is 153 g/mol. The first-order valence-corrected chi connectivity index (χ1v) is 3.97. The van der Waals surface area contributed by atoms with Crippen molar-refractivity contribution in [3.63, 3.8) is 0 Å². The van der Waals surface area contributed by atoms with Crippen molar-refractivity contribution >= 4 is 0 Å². The number of imidazole rings is 1. The molecule has 1 heterocycles. The van der Waals surface area contributed by atoms with Crippen LogP contribution in [0.25, 0.3) is 0 Å². The molecule has 0 atom stereocenters. The molecule has 0 amide bonds. The van der Waals surface area contributed by atoms with E-state index < -0.39 is 0 Å². The quantitative estimate of drug-likeness (QED) is 0.544. The van der Waals surface area contributed by atoms with E-state index in [4.69, 9.17) is 0 Å². The fraction of sp³-hybridized carbons (Fsp3) is 0.667. The molecule has 62 valence electrons. The number of H-pyrrole nitrogens is 1. The molecule has 0 saturated carbocycles. The van der Waals surface area contributed by atoms with Crippen molar-refractivity contribution in [2.75, 3.05) is 0 Å². The Kier molecular flexibility index (Phi) is 1.78. The molecule has 0 aliphatic heterocycles. The van der Waals surface area contributed by atoms with Gasteiger partial charge in [-0.15, -0.1) is 0 Å². The van der Waals surface area contributed by atoms with Crippen LogP contribution in [0.3, 0.4) is 0 Å². The molecule has 1 aromatic heterocycles. The van der Waals surface area contributed by atoms with Gasteiger partial charge in [0, 0.05) is 12.3 Å². The first-order chi connectivity index (χ1) is 4.93. The van der Waals surface area contributed by atoms with Crippen LogP contribution in [0.2, 0.25) is 0 Å². The van der Waals surface area contributed by atoms with Crippen LogP contribution in [-0.2, 0) is 12.5 Å². The number of aromatic amines is 1. The molecule has 1 rings (SSSR count). The Hall–Kier alpha value is -0.790. The van der Waals surface area contributed by atoms with Crippen LogP contribution in [0.15, 0.2) is 6.20 Å². The highest BCUT2D eigenvalue weighted by Crippen LogP contribution is 2.17. The van der Waals surface area contributed by atoms with Gasteiger partial charge < -0.3 is 0 Å². The summed E-state index contributed by atoms with van der Waals surface area (Å²) in [5.41, 5.74) is 1.58. The van der Waals surface area contributed by atoms with Crippen molar-refractivity contribution in [2.45, 2.75) is 33.1 Å². The van der Waals surface area contributed by atoms with Gasteiger partial charge in [-0.3, -0.25) is 0 Å². The first kappa shape index (κ1) is 8.31. The summed E-state index contributed by atoms with van der Waals surface area (Å²) in [5.74, 6) is 1.20. The van der Waals surface area contributed by atoms with E-state index in [0.717, 1.165) is 0 Å². The van der Waals surface area contributed by atoms with E-state index in [0.29, 0.717) is 0 Å². The highest BCUT2D eigenvalue weighted by Gasteiger charge is 2.23. The summed E-state index contributed by atoms with van der Waals surface area (Å²) >= 11 is 0. The lowest BCUT2D eigenvalue weighted by Gasteiger charge is -2.13. The zero-order chi connectivity index (χ0) is 8.65. The summed E-state index contributed by atoms with van der Waals surface area (Å²) in [5, 5.41) is 0. The van der Waals surface area contributed by atoms with Gasteiger partial charge in [-0.25, -0.2) is 9.55 Å². The number of nitrogens with one attached hydrogen (secondary N) is 1. The maximum Gasteiger partial charge on any atom is 0.251 e. The SMILES string of the molecule is Cc1[nH]cc(C(C)(C)C)[n+]1C. The van der Waals surface area contributed by atoms with Crippen LogP contribution in [0.4, 0.5) is 0 Å². The molecule has 0 aliphatic carbocycles. The topological polar surface area (TPSA) is 19.7 Å². The minimum atomic E-state index is 0.236. The lowest BCUT2D eigenvalue weighted by Crippen LogP contribution is -2.39. The predicted octanol–water partition coefficient (Wildman–Crippen LogP) is 1.45. The van der Waals surface area contributed by atoms with Gasteiger partial charge in [-0.2, -0.15) is 0 Å². The van der Waals surface area contributed by atoms with E-state index in [9.17, 15) is 0 Å². The van der Waals surface area contributed by atoms with E-state index in [1.54, 1.807) is 0 Å². The van der Waals surface area contributed by atoms with Crippen LogP contribution in [0.1, 0.15) is 32.3 Å². The standard InChI is InChI=1S/C9H16N2/c1-7-10-6-8(11(7)5)9(2,3)4/h6H,1-5H3/p+1. The molecule has 1 N–H and O–H groups in total. The second-order valence-electron chi connectivity index (χ2n) is 4.07. The molecule has 0 saturated heterocycles. The van der Waals surface area contributed by atoms with E-state index in [2.05, 4.69) is 50.5 Å². The van der Waals surface area contributed by atoms with Crippen molar-refractivity contribution in [1.82, 2.24) is 4.98 Å². The number of hydrogen-bond donors (Lipinski definition) is 1. The molecule has 2 heteroatoms. The van der Waals surface area contributed by atoms with Crippen molar-refractivity contribution in [1.29, 1.82) is 0 Å². The molecule has 0 aromatic carbocycles. The Bertz CT molecular complexity index is 253. The van der Waals surface area contributed by atoms with Crippen LogP contribution < -0.4 is 4.57 Å². The molecule has 0 bridgehead atoms. The van der Waals surface area contributed by atoms with Crippen LogP contribution in [0.5, 0.6) is 0 Å². The zero-order valence-electron chi connectivity index (χ0n) is 8.02. The van der Waals surface area contributed by atoms with Gasteiger partial charge in [0.1, 0.15) is 11.9 Å². The van der Waals surface area contributed by atoms with E-state index in [1.807, 2.05) is 0 Å². The molecule has 1 aromatic rings. The second kappa shape index (κ2) is 2.36. The molecular formula is C9H17N2+. The number of nitrogens with zero attached hydrogens (tertiary/aromatic N) is 1.